The first-order valence-electron chi connectivity index (χ1n) is 6.03. The van der Waals surface area contributed by atoms with Crippen LogP contribution in [-0.4, -0.2) is 30.0 Å². The highest BCUT2D eigenvalue weighted by atomic mass is 79.9. The SMILES string of the molecule is CC(C)(C)C(=O)NC1CN(c2ccncc2Br)C1. The molecule has 1 N–H and O–H groups in total. The Morgan fingerprint density at radius 1 is 1.50 bits per heavy atom. The lowest BCUT2D eigenvalue weighted by Gasteiger charge is -2.42. The zero-order valence-corrected chi connectivity index (χ0v) is 12.5. The quantitative estimate of drug-likeness (QED) is 0.910. The number of rotatable bonds is 2. The van der Waals surface area contributed by atoms with Crippen LogP contribution in [0.15, 0.2) is 22.9 Å². The van der Waals surface area contributed by atoms with Crippen molar-refractivity contribution in [3.05, 3.63) is 22.9 Å². The van der Waals surface area contributed by atoms with E-state index < -0.39 is 0 Å². The fourth-order valence-electron chi connectivity index (χ4n) is 1.79. The molecule has 1 aliphatic rings. The topological polar surface area (TPSA) is 45.2 Å². The number of hydrogen-bond donors (Lipinski definition) is 1. The second kappa shape index (κ2) is 4.88. The lowest BCUT2D eigenvalue weighted by Crippen LogP contribution is -2.61. The fraction of sp³-hybridized carbons (Fsp3) is 0.538. The predicted octanol–water partition coefficient (Wildman–Crippen LogP) is 2.20. The summed E-state index contributed by atoms with van der Waals surface area (Å²) in [7, 11) is 0. The van der Waals surface area contributed by atoms with E-state index in [9.17, 15) is 4.79 Å². The van der Waals surface area contributed by atoms with Crippen LogP contribution < -0.4 is 10.2 Å². The van der Waals surface area contributed by atoms with Crippen molar-refractivity contribution >= 4 is 27.5 Å². The molecule has 0 aliphatic carbocycles. The Morgan fingerprint density at radius 2 is 2.17 bits per heavy atom. The van der Waals surface area contributed by atoms with Crippen molar-refractivity contribution in [2.75, 3.05) is 18.0 Å². The first-order valence-corrected chi connectivity index (χ1v) is 6.82. The van der Waals surface area contributed by atoms with Crippen LogP contribution in [0.4, 0.5) is 5.69 Å². The number of carbonyl (C=O) groups excluding carboxylic acids is 1. The minimum absolute atomic E-state index is 0.112. The van der Waals surface area contributed by atoms with Gasteiger partial charge in [-0.3, -0.25) is 9.78 Å². The second-order valence-electron chi connectivity index (χ2n) is 5.65. The molecule has 18 heavy (non-hydrogen) atoms. The highest BCUT2D eigenvalue weighted by Crippen LogP contribution is 2.28. The summed E-state index contributed by atoms with van der Waals surface area (Å²) in [4.78, 5) is 18.1. The molecular weight excluding hydrogens is 294 g/mol. The molecule has 1 fully saturated rings. The van der Waals surface area contributed by atoms with Crippen LogP contribution in [0.3, 0.4) is 0 Å². The van der Waals surface area contributed by atoms with Crippen LogP contribution in [0.2, 0.25) is 0 Å². The van der Waals surface area contributed by atoms with E-state index in [0.717, 1.165) is 23.2 Å². The van der Waals surface area contributed by atoms with Gasteiger partial charge in [-0.15, -0.1) is 0 Å². The zero-order valence-electron chi connectivity index (χ0n) is 10.9. The van der Waals surface area contributed by atoms with Crippen LogP contribution >= 0.6 is 15.9 Å². The van der Waals surface area contributed by atoms with Gasteiger partial charge < -0.3 is 10.2 Å². The van der Waals surface area contributed by atoms with Gasteiger partial charge in [0.05, 0.1) is 16.2 Å². The summed E-state index contributed by atoms with van der Waals surface area (Å²) in [5.41, 5.74) is 0.809. The molecule has 0 radical (unpaired) electrons. The lowest BCUT2D eigenvalue weighted by atomic mass is 9.94. The Kier molecular flexibility index (Phi) is 3.61. The van der Waals surface area contributed by atoms with Gasteiger partial charge in [0.1, 0.15) is 0 Å². The highest BCUT2D eigenvalue weighted by Gasteiger charge is 2.32. The molecule has 1 aliphatic heterocycles. The van der Waals surface area contributed by atoms with Crippen LogP contribution in [0.1, 0.15) is 20.8 Å². The van der Waals surface area contributed by atoms with E-state index in [1.54, 1.807) is 12.4 Å². The Balaban J connectivity index is 1.88. The van der Waals surface area contributed by atoms with Crippen LogP contribution in [-0.2, 0) is 4.79 Å². The maximum atomic E-state index is 11.8. The third-order valence-corrected chi connectivity index (χ3v) is 3.60. The number of amides is 1. The van der Waals surface area contributed by atoms with Gasteiger partial charge in [-0.25, -0.2) is 0 Å². The molecule has 1 aromatic rings. The number of hydrogen-bond acceptors (Lipinski definition) is 3. The largest absolute Gasteiger partial charge is 0.366 e. The van der Waals surface area contributed by atoms with Gasteiger partial charge in [-0.2, -0.15) is 0 Å². The van der Waals surface area contributed by atoms with Gasteiger partial charge in [0.2, 0.25) is 5.91 Å². The summed E-state index contributed by atoms with van der Waals surface area (Å²) >= 11 is 3.48. The van der Waals surface area contributed by atoms with Gasteiger partial charge >= 0.3 is 0 Å². The standard InChI is InChI=1S/C13H18BrN3O/c1-13(2,3)12(18)16-9-7-17(8-9)11-4-5-15-6-10(11)14/h4-6,9H,7-8H2,1-3H3,(H,16,18). The number of anilines is 1. The first kappa shape index (κ1) is 13.3. The molecule has 1 saturated heterocycles. The summed E-state index contributed by atoms with van der Waals surface area (Å²) < 4.78 is 0.991. The van der Waals surface area contributed by atoms with Gasteiger partial charge in [0.15, 0.2) is 0 Å². The molecule has 0 atom stereocenters. The summed E-state index contributed by atoms with van der Waals surface area (Å²) in [6, 6.07) is 2.23. The molecule has 1 amide bonds. The highest BCUT2D eigenvalue weighted by molar-refractivity contribution is 9.10. The lowest BCUT2D eigenvalue weighted by molar-refractivity contribution is -0.129. The molecule has 0 saturated carbocycles. The molecule has 0 spiro atoms. The summed E-state index contributed by atoms with van der Waals surface area (Å²) in [6.07, 6.45) is 3.57. The van der Waals surface area contributed by atoms with Crippen molar-refractivity contribution in [2.24, 2.45) is 5.41 Å². The van der Waals surface area contributed by atoms with E-state index in [0.29, 0.717) is 0 Å². The molecule has 2 heterocycles. The van der Waals surface area contributed by atoms with E-state index in [-0.39, 0.29) is 17.4 Å². The average molecular weight is 312 g/mol. The second-order valence-corrected chi connectivity index (χ2v) is 6.51. The van der Waals surface area contributed by atoms with Crippen molar-refractivity contribution in [1.29, 1.82) is 0 Å². The predicted molar refractivity (Wildman–Crippen MR) is 75.5 cm³/mol. The smallest absolute Gasteiger partial charge is 0.225 e. The number of aromatic nitrogens is 1. The van der Waals surface area contributed by atoms with Gasteiger partial charge in [-0.05, 0) is 22.0 Å². The fourth-order valence-corrected chi connectivity index (χ4v) is 2.29. The third kappa shape index (κ3) is 2.83. The zero-order chi connectivity index (χ0) is 13.3. The van der Waals surface area contributed by atoms with E-state index in [1.165, 1.54) is 0 Å². The van der Waals surface area contributed by atoms with Crippen molar-refractivity contribution < 1.29 is 4.79 Å². The van der Waals surface area contributed by atoms with Crippen molar-refractivity contribution in [1.82, 2.24) is 10.3 Å². The Morgan fingerprint density at radius 3 is 2.72 bits per heavy atom. The summed E-state index contributed by atoms with van der Waals surface area (Å²) in [5, 5.41) is 3.06. The van der Waals surface area contributed by atoms with Crippen LogP contribution in [0.5, 0.6) is 0 Å². The van der Waals surface area contributed by atoms with E-state index in [2.05, 4.69) is 31.1 Å². The average Bonchev–Trinajstić information content (AvgIpc) is 2.22. The van der Waals surface area contributed by atoms with Crippen LogP contribution in [0, 0.1) is 5.41 Å². The number of carbonyl (C=O) groups is 1. The third-order valence-electron chi connectivity index (χ3n) is 2.99. The monoisotopic (exact) mass is 311 g/mol. The number of nitrogens with zero attached hydrogens (tertiary/aromatic N) is 2. The van der Waals surface area contributed by atoms with Gasteiger partial charge in [0, 0.05) is 30.9 Å². The van der Waals surface area contributed by atoms with Crippen molar-refractivity contribution in [3.8, 4) is 0 Å². The minimum atomic E-state index is -0.322. The van der Waals surface area contributed by atoms with Crippen LogP contribution in [0.25, 0.3) is 0 Å². The number of nitrogens with one attached hydrogen (secondary N) is 1. The van der Waals surface area contributed by atoms with Gasteiger partial charge in [-0.1, -0.05) is 20.8 Å². The minimum Gasteiger partial charge on any atom is -0.366 e. The molecule has 1 aromatic heterocycles. The molecule has 4 nitrogen and oxygen atoms in total. The summed E-state index contributed by atoms with van der Waals surface area (Å²) in [5.74, 6) is 0.112. The van der Waals surface area contributed by atoms with E-state index >= 15 is 0 Å². The molecular formula is C13H18BrN3O. The molecule has 98 valence electrons. The molecule has 5 heteroatoms. The molecule has 0 unspecified atom stereocenters. The molecule has 0 bridgehead atoms. The van der Waals surface area contributed by atoms with Gasteiger partial charge in [0.25, 0.3) is 0 Å². The molecule has 2 rings (SSSR count). The first-order chi connectivity index (χ1) is 8.38. The Hall–Kier alpha value is -1.10. The Bertz CT molecular complexity index is 450. The normalized spacial score (nSPS) is 16.3. The van der Waals surface area contributed by atoms with E-state index in [4.69, 9.17) is 0 Å². The Labute approximate surface area is 116 Å². The molecule has 0 aromatic carbocycles. The van der Waals surface area contributed by atoms with E-state index in [1.807, 2.05) is 26.8 Å². The summed E-state index contributed by atoms with van der Waals surface area (Å²) in [6.45, 7) is 7.49. The maximum absolute atomic E-state index is 11.8. The number of halogens is 1. The van der Waals surface area contributed by atoms with Crippen molar-refractivity contribution in [3.63, 3.8) is 0 Å². The number of pyridine rings is 1. The maximum Gasteiger partial charge on any atom is 0.225 e. The van der Waals surface area contributed by atoms with Crippen molar-refractivity contribution in [2.45, 2.75) is 26.8 Å².